The monoisotopic (exact) mass is 275 g/mol. The highest BCUT2D eigenvalue weighted by atomic mass is 35.5. The maximum Gasteiger partial charge on any atom is 0.122 e. The zero-order valence-corrected chi connectivity index (χ0v) is 11.7. The fraction of sp³-hybridized carbons (Fsp3) is 0.250. The number of nitrogens with two attached hydrogens (primary N) is 1. The molecule has 0 saturated heterocycles. The van der Waals surface area contributed by atoms with E-state index in [0.29, 0.717) is 6.54 Å². The number of ether oxygens (including phenoxy) is 1. The molecule has 1 atom stereocenters. The molecule has 0 fully saturated rings. The van der Waals surface area contributed by atoms with Crippen LogP contribution in [0, 0.1) is 0 Å². The van der Waals surface area contributed by atoms with E-state index < -0.39 is 0 Å². The zero-order valence-electron chi connectivity index (χ0n) is 11.0. The van der Waals surface area contributed by atoms with Crippen molar-refractivity contribution in [1.29, 1.82) is 0 Å². The van der Waals surface area contributed by atoms with E-state index in [1.54, 1.807) is 7.11 Å². The van der Waals surface area contributed by atoms with Gasteiger partial charge in [-0.15, -0.1) is 0 Å². The van der Waals surface area contributed by atoms with Gasteiger partial charge in [0.15, 0.2) is 0 Å². The lowest BCUT2D eigenvalue weighted by Gasteiger charge is -2.18. The summed E-state index contributed by atoms with van der Waals surface area (Å²) in [4.78, 5) is 0. The van der Waals surface area contributed by atoms with Gasteiger partial charge in [0, 0.05) is 10.9 Å². The van der Waals surface area contributed by atoms with Gasteiger partial charge < -0.3 is 10.5 Å². The Morgan fingerprint density at radius 2 is 1.95 bits per heavy atom. The van der Waals surface area contributed by atoms with Crippen LogP contribution in [0.1, 0.15) is 17.0 Å². The van der Waals surface area contributed by atoms with E-state index in [1.165, 1.54) is 5.56 Å². The van der Waals surface area contributed by atoms with Gasteiger partial charge in [-0.05, 0) is 42.3 Å². The van der Waals surface area contributed by atoms with Crippen LogP contribution in [0.5, 0.6) is 5.75 Å². The molecule has 0 aliphatic rings. The minimum atomic E-state index is 0.231. The van der Waals surface area contributed by atoms with Crippen molar-refractivity contribution in [2.45, 2.75) is 12.3 Å². The standard InChI is InChI=1S/C16H18ClNO/c1-19-16-8-3-2-7-15(16)13(11-18)9-12-5-4-6-14(17)10-12/h2-8,10,13H,9,11,18H2,1H3. The summed E-state index contributed by atoms with van der Waals surface area (Å²) in [6.45, 7) is 0.576. The molecule has 0 heterocycles. The summed E-state index contributed by atoms with van der Waals surface area (Å²) in [6.07, 6.45) is 0.859. The first-order valence-corrected chi connectivity index (χ1v) is 6.70. The maximum absolute atomic E-state index is 6.02. The molecule has 3 heteroatoms. The number of methoxy groups -OCH3 is 1. The summed E-state index contributed by atoms with van der Waals surface area (Å²) in [5.41, 5.74) is 8.26. The van der Waals surface area contributed by atoms with Crippen LogP contribution in [0.2, 0.25) is 5.02 Å². The Labute approximate surface area is 119 Å². The summed E-state index contributed by atoms with van der Waals surface area (Å²) >= 11 is 6.02. The summed E-state index contributed by atoms with van der Waals surface area (Å²) in [5, 5.41) is 0.758. The maximum atomic E-state index is 6.02. The van der Waals surface area contributed by atoms with Gasteiger partial charge in [0.2, 0.25) is 0 Å². The summed E-state index contributed by atoms with van der Waals surface area (Å²) < 4.78 is 5.41. The number of halogens is 1. The SMILES string of the molecule is COc1ccccc1C(CN)Cc1cccc(Cl)c1. The van der Waals surface area contributed by atoms with Crippen LogP contribution in [-0.4, -0.2) is 13.7 Å². The van der Waals surface area contributed by atoms with Crippen molar-refractivity contribution < 1.29 is 4.74 Å². The normalized spacial score (nSPS) is 12.2. The molecule has 0 spiro atoms. The van der Waals surface area contributed by atoms with Gasteiger partial charge in [-0.25, -0.2) is 0 Å². The summed E-state index contributed by atoms with van der Waals surface area (Å²) in [5.74, 6) is 1.12. The molecule has 0 aliphatic heterocycles. The Bertz CT molecular complexity index is 542. The number of hydrogen-bond donors (Lipinski definition) is 1. The molecule has 0 bridgehead atoms. The third kappa shape index (κ3) is 3.49. The zero-order chi connectivity index (χ0) is 13.7. The van der Waals surface area contributed by atoms with Crippen molar-refractivity contribution in [3.63, 3.8) is 0 Å². The van der Waals surface area contributed by atoms with E-state index in [2.05, 4.69) is 12.1 Å². The molecule has 0 aromatic heterocycles. The lowest BCUT2D eigenvalue weighted by atomic mass is 9.91. The molecule has 0 aliphatic carbocycles. The number of rotatable bonds is 5. The van der Waals surface area contributed by atoms with Crippen LogP contribution in [-0.2, 0) is 6.42 Å². The van der Waals surface area contributed by atoms with Crippen LogP contribution in [0.25, 0.3) is 0 Å². The second kappa shape index (κ2) is 6.60. The first-order valence-electron chi connectivity index (χ1n) is 6.32. The van der Waals surface area contributed by atoms with Crippen LogP contribution < -0.4 is 10.5 Å². The Morgan fingerprint density at radius 3 is 2.63 bits per heavy atom. The Balaban J connectivity index is 2.25. The first-order chi connectivity index (χ1) is 9.24. The van der Waals surface area contributed by atoms with Gasteiger partial charge in [0.1, 0.15) is 5.75 Å². The molecule has 1 unspecified atom stereocenters. The Hall–Kier alpha value is -1.51. The lowest BCUT2D eigenvalue weighted by Crippen LogP contribution is -2.15. The smallest absolute Gasteiger partial charge is 0.122 e. The van der Waals surface area contributed by atoms with E-state index in [1.807, 2.05) is 36.4 Å². The van der Waals surface area contributed by atoms with E-state index in [0.717, 1.165) is 22.8 Å². The predicted molar refractivity (Wildman–Crippen MR) is 79.9 cm³/mol. The average molecular weight is 276 g/mol. The minimum absolute atomic E-state index is 0.231. The predicted octanol–water partition coefficient (Wildman–Crippen LogP) is 3.63. The topological polar surface area (TPSA) is 35.2 Å². The third-order valence-electron chi connectivity index (χ3n) is 3.23. The molecule has 0 radical (unpaired) electrons. The van der Waals surface area contributed by atoms with Crippen LogP contribution in [0.15, 0.2) is 48.5 Å². The van der Waals surface area contributed by atoms with Gasteiger partial charge in [0.25, 0.3) is 0 Å². The van der Waals surface area contributed by atoms with Crippen molar-refractivity contribution in [1.82, 2.24) is 0 Å². The molecule has 2 rings (SSSR count). The van der Waals surface area contributed by atoms with Crippen LogP contribution >= 0.6 is 11.6 Å². The first kappa shape index (κ1) is 13.9. The fourth-order valence-electron chi connectivity index (χ4n) is 2.27. The number of benzene rings is 2. The number of hydrogen-bond acceptors (Lipinski definition) is 2. The van der Waals surface area contributed by atoms with Crippen molar-refractivity contribution in [3.05, 3.63) is 64.7 Å². The van der Waals surface area contributed by atoms with E-state index in [9.17, 15) is 0 Å². The van der Waals surface area contributed by atoms with Crippen molar-refractivity contribution in [2.24, 2.45) is 5.73 Å². The van der Waals surface area contributed by atoms with Crippen LogP contribution in [0.3, 0.4) is 0 Å². The van der Waals surface area contributed by atoms with E-state index in [4.69, 9.17) is 22.1 Å². The number of para-hydroxylation sites is 1. The molecule has 2 N–H and O–H groups in total. The highest BCUT2D eigenvalue weighted by molar-refractivity contribution is 6.30. The largest absolute Gasteiger partial charge is 0.496 e. The molecule has 100 valence electrons. The highest BCUT2D eigenvalue weighted by Crippen LogP contribution is 2.29. The van der Waals surface area contributed by atoms with Crippen molar-refractivity contribution >= 4 is 11.6 Å². The molecular weight excluding hydrogens is 258 g/mol. The van der Waals surface area contributed by atoms with Gasteiger partial charge in [-0.3, -0.25) is 0 Å². The summed E-state index contributed by atoms with van der Waals surface area (Å²) in [7, 11) is 1.69. The molecule has 2 nitrogen and oxygen atoms in total. The lowest BCUT2D eigenvalue weighted by molar-refractivity contribution is 0.405. The summed E-state index contributed by atoms with van der Waals surface area (Å²) in [6, 6.07) is 15.9. The van der Waals surface area contributed by atoms with E-state index >= 15 is 0 Å². The second-order valence-electron chi connectivity index (χ2n) is 4.51. The van der Waals surface area contributed by atoms with Crippen molar-refractivity contribution in [2.75, 3.05) is 13.7 Å². The van der Waals surface area contributed by atoms with Gasteiger partial charge in [0.05, 0.1) is 7.11 Å². The van der Waals surface area contributed by atoms with Gasteiger partial charge in [-0.2, -0.15) is 0 Å². The Morgan fingerprint density at radius 1 is 1.16 bits per heavy atom. The van der Waals surface area contributed by atoms with Gasteiger partial charge >= 0.3 is 0 Å². The molecule has 0 saturated carbocycles. The van der Waals surface area contributed by atoms with Crippen molar-refractivity contribution in [3.8, 4) is 5.75 Å². The molecule has 0 amide bonds. The Kier molecular flexibility index (Phi) is 4.83. The quantitative estimate of drug-likeness (QED) is 0.904. The highest BCUT2D eigenvalue weighted by Gasteiger charge is 2.15. The van der Waals surface area contributed by atoms with Gasteiger partial charge in [-0.1, -0.05) is 41.9 Å². The van der Waals surface area contributed by atoms with Crippen LogP contribution in [0.4, 0.5) is 0 Å². The molecule has 19 heavy (non-hydrogen) atoms. The second-order valence-corrected chi connectivity index (χ2v) is 4.95. The molecule has 2 aromatic carbocycles. The van der Waals surface area contributed by atoms with E-state index in [-0.39, 0.29) is 5.92 Å². The fourth-order valence-corrected chi connectivity index (χ4v) is 2.49. The molecule has 2 aromatic rings. The average Bonchev–Trinajstić information content (AvgIpc) is 2.45. The minimum Gasteiger partial charge on any atom is -0.496 e. The third-order valence-corrected chi connectivity index (χ3v) is 3.47. The molecular formula is C16H18ClNO.